The molecule has 1 N–H and O–H groups in total. The molecule has 0 aromatic heterocycles. The lowest BCUT2D eigenvalue weighted by atomic mass is 10.0. The summed E-state index contributed by atoms with van der Waals surface area (Å²) in [7, 11) is -4.27. The Labute approximate surface area is 285 Å². The van der Waals surface area contributed by atoms with Gasteiger partial charge in [-0.15, -0.1) is 0 Å². The minimum absolute atomic E-state index is 0.00614. The zero-order valence-corrected chi connectivity index (χ0v) is 28.3. The molecule has 1 unspecified atom stereocenters. The molecule has 4 aromatic rings. The number of carbonyl (C=O) groups is 2. The summed E-state index contributed by atoms with van der Waals surface area (Å²) < 4.78 is 40.8. The van der Waals surface area contributed by atoms with Gasteiger partial charge in [-0.25, -0.2) is 8.42 Å². The maximum atomic E-state index is 14.6. The van der Waals surface area contributed by atoms with Gasteiger partial charge >= 0.3 is 0 Å². The van der Waals surface area contributed by atoms with E-state index in [9.17, 15) is 18.0 Å². The Bertz CT molecular complexity index is 1820. The number of hydrogen-bond donors (Lipinski definition) is 1. The van der Waals surface area contributed by atoms with Gasteiger partial charge in [-0.1, -0.05) is 77.8 Å². The molecule has 1 aliphatic heterocycles. The lowest BCUT2D eigenvalue weighted by Gasteiger charge is -2.34. The first-order valence-corrected chi connectivity index (χ1v) is 17.3. The van der Waals surface area contributed by atoms with E-state index in [1.165, 1.54) is 23.1 Å². The molecule has 0 saturated heterocycles. The van der Waals surface area contributed by atoms with E-state index >= 15 is 0 Å². The summed E-state index contributed by atoms with van der Waals surface area (Å²) in [5, 5.41) is 3.65. The minimum atomic E-state index is -4.27. The van der Waals surface area contributed by atoms with Crippen LogP contribution >= 0.6 is 23.2 Å². The third-order valence-corrected chi connectivity index (χ3v) is 9.86. The summed E-state index contributed by atoms with van der Waals surface area (Å²) in [5.74, 6) is -0.183. The van der Waals surface area contributed by atoms with Crippen molar-refractivity contribution in [3.05, 3.63) is 118 Å². The maximum Gasteiger partial charge on any atom is 0.264 e. The summed E-state index contributed by atoms with van der Waals surface area (Å²) >= 11 is 12.7. The first kappa shape index (κ1) is 34.1. The third-order valence-electron chi connectivity index (χ3n) is 7.48. The zero-order chi connectivity index (χ0) is 33.6. The second-order valence-electron chi connectivity index (χ2n) is 11.3. The van der Waals surface area contributed by atoms with Gasteiger partial charge in [0.05, 0.1) is 10.6 Å². The number of sulfonamides is 1. The van der Waals surface area contributed by atoms with E-state index in [2.05, 4.69) is 5.32 Å². The fraction of sp³-hybridized carbons (Fsp3) is 0.257. The molecule has 0 saturated carbocycles. The molecule has 0 aliphatic carbocycles. The van der Waals surface area contributed by atoms with Crippen LogP contribution in [0.2, 0.25) is 10.0 Å². The average Bonchev–Trinajstić information content (AvgIpc) is 3.06. The molecule has 9 nitrogen and oxygen atoms in total. The van der Waals surface area contributed by atoms with Gasteiger partial charge in [0.25, 0.3) is 10.0 Å². The first-order valence-electron chi connectivity index (χ1n) is 15.1. The molecule has 0 radical (unpaired) electrons. The van der Waals surface area contributed by atoms with Crippen LogP contribution in [0.5, 0.6) is 11.5 Å². The number of ether oxygens (including phenoxy) is 2. The van der Waals surface area contributed by atoms with Gasteiger partial charge in [-0.2, -0.15) is 0 Å². The molecule has 0 spiro atoms. The second kappa shape index (κ2) is 15.1. The van der Waals surface area contributed by atoms with E-state index in [0.29, 0.717) is 40.3 Å². The summed E-state index contributed by atoms with van der Waals surface area (Å²) in [5.41, 5.74) is 1.55. The molecular weight excluding hydrogens is 661 g/mol. The molecule has 47 heavy (non-hydrogen) atoms. The van der Waals surface area contributed by atoms with Crippen LogP contribution < -0.4 is 19.1 Å². The molecule has 0 bridgehead atoms. The van der Waals surface area contributed by atoms with Gasteiger partial charge in [0.2, 0.25) is 11.8 Å². The smallest absolute Gasteiger partial charge is 0.264 e. The molecule has 4 aromatic carbocycles. The number of rotatable bonds is 12. The molecule has 1 aliphatic rings. The van der Waals surface area contributed by atoms with Crippen LogP contribution in [-0.4, -0.2) is 57.0 Å². The number of amides is 2. The molecule has 12 heteroatoms. The fourth-order valence-corrected chi connectivity index (χ4v) is 7.10. The minimum Gasteiger partial charge on any atom is -0.486 e. The number of nitrogens with one attached hydrogen (secondary N) is 1. The number of carbonyl (C=O) groups excluding carboxylic acids is 2. The predicted octanol–water partition coefficient (Wildman–Crippen LogP) is 6.12. The monoisotopic (exact) mass is 695 g/mol. The largest absolute Gasteiger partial charge is 0.486 e. The normalized spacial score (nSPS) is 13.1. The molecule has 5 rings (SSSR count). The lowest BCUT2D eigenvalue weighted by molar-refractivity contribution is -0.140. The van der Waals surface area contributed by atoms with Crippen molar-refractivity contribution in [2.75, 3.05) is 24.1 Å². The fourth-order valence-electron chi connectivity index (χ4n) is 5.20. The van der Waals surface area contributed by atoms with Gasteiger partial charge in [0.15, 0.2) is 11.5 Å². The highest BCUT2D eigenvalue weighted by Gasteiger charge is 2.35. The second-order valence-corrected chi connectivity index (χ2v) is 14.0. The van der Waals surface area contributed by atoms with Crippen LogP contribution in [0.3, 0.4) is 0 Å². The highest BCUT2D eigenvalue weighted by atomic mass is 35.5. The van der Waals surface area contributed by atoms with Crippen molar-refractivity contribution in [3.63, 3.8) is 0 Å². The van der Waals surface area contributed by atoms with E-state index < -0.39 is 28.5 Å². The van der Waals surface area contributed by atoms with Gasteiger partial charge in [0.1, 0.15) is 25.8 Å². The summed E-state index contributed by atoms with van der Waals surface area (Å²) in [6, 6.07) is 25.5. The predicted molar refractivity (Wildman–Crippen MR) is 183 cm³/mol. The van der Waals surface area contributed by atoms with Crippen molar-refractivity contribution in [2.24, 2.45) is 0 Å². The van der Waals surface area contributed by atoms with Gasteiger partial charge < -0.3 is 19.7 Å². The Morgan fingerprint density at radius 3 is 2.17 bits per heavy atom. The summed E-state index contributed by atoms with van der Waals surface area (Å²) in [6.45, 7) is 3.61. The Morgan fingerprint density at radius 1 is 0.851 bits per heavy atom. The number of benzene rings is 4. The van der Waals surface area contributed by atoms with E-state index in [1.54, 1.807) is 48.5 Å². The van der Waals surface area contributed by atoms with Gasteiger partial charge in [-0.05, 0) is 61.4 Å². The standard InChI is InChI=1S/C35H35Cl2N3O6S/c1-24(2)38-35(42)31(19-25-9-5-3-6-10-25)39(22-26-13-14-27(36)20-30(26)37)34(41)23-40(47(43,44)29-11-7-4-8-12-29)28-15-16-32-33(21-28)46-18-17-45-32/h3-16,20-21,24,31H,17-19,22-23H2,1-2H3,(H,38,42). The van der Waals surface area contributed by atoms with Crippen molar-refractivity contribution in [3.8, 4) is 11.5 Å². The number of halogens is 2. The Hall–Kier alpha value is -4.25. The highest BCUT2D eigenvalue weighted by Crippen LogP contribution is 2.36. The van der Waals surface area contributed by atoms with Crippen LogP contribution in [0.4, 0.5) is 5.69 Å². The number of anilines is 1. The molecule has 1 atom stereocenters. The van der Waals surface area contributed by atoms with E-state index in [1.807, 2.05) is 44.2 Å². The number of nitrogens with zero attached hydrogens (tertiary/aromatic N) is 2. The van der Waals surface area contributed by atoms with E-state index in [-0.39, 0.29) is 35.5 Å². The Balaban J connectivity index is 1.60. The van der Waals surface area contributed by atoms with Crippen LogP contribution in [0.25, 0.3) is 0 Å². The average molecular weight is 697 g/mol. The van der Waals surface area contributed by atoms with Crippen LogP contribution in [0.15, 0.2) is 102 Å². The lowest BCUT2D eigenvalue weighted by Crippen LogP contribution is -2.54. The molecule has 1 heterocycles. The SMILES string of the molecule is CC(C)NC(=O)C(Cc1ccccc1)N(Cc1ccc(Cl)cc1Cl)C(=O)CN(c1ccc2c(c1)OCCO2)S(=O)(=O)c1ccccc1. The summed E-state index contributed by atoms with van der Waals surface area (Å²) in [4.78, 5) is 29.8. The molecule has 0 fully saturated rings. The summed E-state index contributed by atoms with van der Waals surface area (Å²) in [6.07, 6.45) is 0.172. The van der Waals surface area contributed by atoms with E-state index in [0.717, 1.165) is 9.87 Å². The molecular formula is C35H35Cl2N3O6S. The van der Waals surface area contributed by atoms with Crippen LogP contribution in [0, 0.1) is 0 Å². The van der Waals surface area contributed by atoms with Crippen molar-refractivity contribution in [1.29, 1.82) is 0 Å². The third kappa shape index (κ3) is 8.38. The highest BCUT2D eigenvalue weighted by molar-refractivity contribution is 7.92. The van der Waals surface area contributed by atoms with Gasteiger partial charge in [-0.3, -0.25) is 13.9 Å². The first-order chi connectivity index (χ1) is 22.5. The topological polar surface area (TPSA) is 105 Å². The number of fused-ring (bicyclic) bond motifs is 1. The Kier molecular flexibility index (Phi) is 11.0. The zero-order valence-electron chi connectivity index (χ0n) is 25.9. The van der Waals surface area contributed by atoms with Gasteiger partial charge in [0, 0.05) is 35.1 Å². The van der Waals surface area contributed by atoms with Crippen molar-refractivity contribution < 1.29 is 27.5 Å². The molecule has 246 valence electrons. The van der Waals surface area contributed by atoms with E-state index in [4.69, 9.17) is 32.7 Å². The van der Waals surface area contributed by atoms with Crippen molar-refractivity contribution in [1.82, 2.24) is 10.2 Å². The quantitative estimate of drug-likeness (QED) is 0.191. The van der Waals surface area contributed by atoms with Crippen LogP contribution in [-0.2, 0) is 32.6 Å². The van der Waals surface area contributed by atoms with Crippen molar-refractivity contribution >= 4 is 50.7 Å². The Morgan fingerprint density at radius 2 is 1.51 bits per heavy atom. The van der Waals surface area contributed by atoms with Crippen molar-refractivity contribution in [2.45, 2.75) is 43.8 Å². The van der Waals surface area contributed by atoms with Crippen LogP contribution in [0.1, 0.15) is 25.0 Å². The number of hydrogen-bond acceptors (Lipinski definition) is 6. The maximum absolute atomic E-state index is 14.6. The molecule has 2 amide bonds.